The molecule has 0 aliphatic heterocycles. The quantitative estimate of drug-likeness (QED) is 0.626. The van der Waals surface area contributed by atoms with Gasteiger partial charge < -0.3 is 0 Å². The monoisotopic (exact) mass is 390 g/mol. The minimum Gasteiger partial charge on any atom is -0.258 e. The third-order valence-corrected chi connectivity index (χ3v) is 6.97. The third kappa shape index (κ3) is 3.49. The van der Waals surface area contributed by atoms with E-state index in [0.29, 0.717) is 15.6 Å². The maximum atomic E-state index is 12.2. The van der Waals surface area contributed by atoms with Gasteiger partial charge in [-0.3, -0.25) is 10.1 Å². The van der Waals surface area contributed by atoms with Gasteiger partial charge in [0.05, 0.1) is 4.92 Å². The standard InChI is InChI=1S/C12H11BrN2O4S2/c1-8-9(3-2-4-11(8)15(16)17)7-14-21(18,19)12-10(13)5-6-20-12/h2-6,14H,7H2,1H3. The molecule has 0 bridgehead atoms. The summed E-state index contributed by atoms with van der Waals surface area (Å²) >= 11 is 4.27. The van der Waals surface area contributed by atoms with Crippen LogP contribution in [-0.2, 0) is 16.6 Å². The Kier molecular flexibility index (Phi) is 4.77. The number of nitro groups is 1. The Morgan fingerprint density at radius 1 is 1.38 bits per heavy atom. The number of hydrogen-bond acceptors (Lipinski definition) is 5. The van der Waals surface area contributed by atoms with Gasteiger partial charge in [0.1, 0.15) is 4.21 Å². The predicted molar refractivity (Wildman–Crippen MR) is 83.9 cm³/mol. The highest BCUT2D eigenvalue weighted by Crippen LogP contribution is 2.28. The summed E-state index contributed by atoms with van der Waals surface area (Å²) in [5.41, 5.74) is 1.000. The van der Waals surface area contributed by atoms with Crippen LogP contribution in [0.25, 0.3) is 0 Å². The molecule has 1 N–H and O–H groups in total. The van der Waals surface area contributed by atoms with Crippen molar-refractivity contribution in [2.75, 3.05) is 0 Å². The number of sulfonamides is 1. The number of nitro benzene ring substituents is 1. The van der Waals surface area contributed by atoms with E-state index in [1.54, 1.807) is 24.4 Å². The van der Waals surface area contributed by atoms with E-state index in [0.717, 1.165) is 11.3 Å². The molecule has 0 fully saturated rings. The molecular weight excluding hydrogens is 380 g/mol. The van der Waals surface area contributed by atoms with E-state index in [1.807, 2.05) is 0 Å². The molecule has 0 unspecified atom stereocenters. The number of benzene rings is 1. The van der Waals surface area contributed by atoms with Gasteiger partial charge in [-0.15, -0.1) is 11.3 Å². The van der Waals surface area contributed by atoms with Crippen molar-refractivity contribution >= 4 is 43.0 Å². The number of nitrogens with zero attached hydrogens (tertiary/aromatic N) is 1. The summed E-state index contributed by atoms with van der Waals surface area (Å²) in [5.74, 6) is 0. The van der Waals surface area contributed by atoms with Crippen LogP contribution in [0.4, 0.5) is 5.69 Å². The summed E-state index contributed by atoms with van der Waals surface area (Å²) < 4.78 is 27.4. The largest absolute Gasteiger partial charge is 0.272 e. The highest BCUT2D eigenvalue weighted by atomic mass is 79.9. The van der Waals surface area contributed by atoms with E-state index in [1.165, 1.54) is 12.1 Å². The lowest BCUT2D eigenvalue weighted by Crippen LogP contribution is -2.23. The van der Waals surface area contributed by atoms with Crippen LogP contribution in [0.15, 0.2) is 38.3 Å². The van der Waals surface area contributed by atoms with Crippen molar-refractivity contribution in [2.24, 2.45) is 0 Å². The van der Waals surface area contributed by atoms with Crippen molar-refractivity contribution in [3.8, 4) is 0 Å². The van der Waals surface area contributed by atoms with Crippen molar-refractivity contribution in [3.05, 3.63) is 55.4 Å². The molecule has 1 aromatic carbocycles. The van der Waals surface area contributed by atoms with E-state index in [4.69, 9.17) is 0 Å². The molecular formula is C12H11BrN2O4S2. The number of rotatable bonds is 5. The first-order chi connectivity index (χ1) is 9.83. The second-order valence-electron chi connectivity index (χ2n) is 4.20. The lowest BCUT2D eigenvalue weighted by Gasteiger charge is -2.08. The Balaban J connectivity index is 2.23. The van der Waals surface area contributed by atoms with E-state index in [2.05, 4.69) is 20.7 Å². The predicted octanol–water partition coefficient (Wildman–Crippen LogP) is 3.21. The van der Waals surface area contributed by atoms with Gasteiger partial charge in [0.25, 0.3) is 15.7 Å². The summed E-state index contributed by atoms with van der Waals surface area (Å²) in [5, 5.41) is 12.5. The normalized spacial score (nSPS) is 11.5. The van der Waals surface area contributed by atoms with Gasteiger partial charge in [-0.2, -0.15) is 0 Å². The van der Waals surface area contributed by atoms with Crippen LogP contribution < -0.4 is 4.72 Å². The summed E-state index contributed by atoms with van der Waals surface area (Å²) in [6.07, 6.45) is 0. The van der Waals surface area contributed by atoms with Crippen molar-refractivity contribution in [1.29, 1.82) is 0 Å². The molecule has 0 amide bonds. The number of thiophene rings is 1. The van der Waals surface area contributed by atoms with Gasteiger partial charge in [0.2, 0.25) is 0 Å². The highest BCUT2D eigenvalue weighted by molar-refractivity contribution is 9.10. The minimum absolute atomic E-state index is 0.000185. The molecule has 0 radical (unpaired) electrons. The molecule has 0 atom stereocenters. The molecule has 0 aliphatic rings. The van der Waals surface area contributed by atoms with Crippen molar-refractivity contribution in [2.45, 2.75) is 17.7 Å². The van der Waals surface area contributed by atoms with Crippen LogP contribution in [-0.4, -0.2) is 13.3 Å². The van der Waals surface area contributed by atoms with E-state index < -0.39 is 14.9 Å². The fourth-order valence-electron chi connectivity index (χ4n) is 1.77. The average Bonchev–Trinajstić information content (AvgIpc) is 2.84. The maximum Gasteiger partial charge on any atom is 0.272 e. The molecule has 1 heterocycles. The second kappa shape index (κ2) is 6.22. The summed E-state index contributed by atoms with van der Waals surface area (Å²) in [4.78, 5) is 10.4. The first-order valence-corrected chi connectivity index (χ1v) is 8.94. The zero-order chi connectivity index (χ0) is 15.6. The number of nitrogens with one attached hydrogen (secondary N) is 1. The summed E-state index contributed by atoms with van der Waals surface area (Å²) in [6, 6.07) is 6.24. The Morgan fingerprint density at radius 3 is 2.67 bits per heavy atom. The number of hydrogen-bond donors (Lipinski definition) is 1. The molecule has 0 saturated heterocycles. The van der Waals surface area contributed by atoms with Gasteiger partial charge >= 0.3 is 0 Å². The van der Waals surface area contributed by atoms with Crippen LogP contribution in [0.5, 0.6) is 0 Å². The molecule has 0 saturated carbocycles. The Hall–Kier alpha value is -1.29. The van der Waals surface area contributed by atoms with Gasteiger partial charge in [-0.25, -0.2) is 13.1 Å². The van der Waals surface area contributed by atoms with Gasteiger partial charge in [-0.05, 0) is 39.9 Å². The Morgan fingerprint density at radius 2 is 2.10 bits per heavy atom. The van der Waals surface area contributed by atoms with Gasteiger partial charge in [0.15, 0.2) is 0 Å². The van der Waals surface area contributed by atoms with Gasteiger partial charge in [0, 0.05) is 22.6 Å². The van der Waals surface area contributed by atoms with E-state index in [-0.39, 0.29) is 16.4 Å². The van der Waals surface area contributed by atoms with E-state index >= 15 is 0 Å². The molecule has 0 aliphatic carbocycles. The highest BCUT2D eigenvalue weighted by Gasteiger charge is 2.20. The zero-order valence-corrected chi connectivity index (χ0v) is 14.1. The molecule has 21 heavy (non-hydrogen) atoms. The topological polar surface area (TPSA) is 89.3 Å². The molecule has 0 spiro atoms. The van der Waals surface area contributed by atoms with Gasteiger partial charge in [-0.1, -0.05) is 12.1 Å². The zero-order valence-electron chi connectivity index (χ0n) is 10.9. The minimum atomic E-state index is -3.64. The molecule has 6 nitrogen and oxygen atoms in total. The lowest BCUT2D eigenvalue weighted by molar-refractivity contribution is -0.385. The first kappa shape index (κ1) is 16.1. The number of halogens is 1. The van der Waals surface area contributed by atoms with Crippen LogP contribution in [0.2, 0.25) is 0 Å². The molecule has 9 heteroatoms. The van der Waals surface area contributed by atoms with Crippen molar-refractivity contribution in [1.82, 2.24) is 4.72 Å². The van der Waals surface area contributed by atoms with Crippen LogP contribution in [0, 0.1) is 17.0 Å². The fourth-order valence-corrected chi connectivity index (χ4v) is 5.16. The molecule has 112 valence electrons. The first-order valence-electron chi connectivity index (χ1n) is 5.78. The second-order valence-corrected chi connectivity index (χ2v) is 7.93. The molecule has 2 aromatic rings. The van der Waals surface area contributed by atoms with E-state index in [9.17, 15) is 18.5 Å². The molecule has 2 rings (SSSR count). The Bertz CT molecular complexity index is 786. The van der Waals surface area contributed by atoms with Crippen LogP contribution >= 0.6 is 27.3 Å². The smallest absolute Gasteiger partial charge is 0.258 e. The average molecular weight is 391 g/mol. The summed E-state index contributed by atoms with van der Waals surface area (Å²) in [7, 11) is -3.64. The SMILES string of the molecule is Cc1c(CNS(=O)(=O)c2sccc2Br)cccc1[N+](=O)[O-]. The van der Waals surface area contributed by atoms with Crippen LogP contribution in [0.3, 0.4) is 0 Å². The Labute approximate surface area is 134 Å². The summed E-state index contributed by atoms with van der Waals surface area (Å²) in [6.45, 7) is 1.60. The molecule has 1 aromatic heterocycles. The maximum absolute atomic E-state index is 12.2. The van der Waals surface area contributed by atoms with Crippen molar-refractivity contribution < 1.29 is 13.3 Å². The lowest BCUT2D eigenvalue weighted by atomic mass is 10.1. The van der Waals surface area contributed by atoms with Crippen molar-refractivity contribution in [3.63, 3.8) is 0 Å². The van der Waals surface area contributed by atoms with Crippen LogP contribution in [0.1, 0.15) is 11.1 Å². The third-order valence-electron chi connectivity index (χ3n) is 2.90. The fraction of sp³-hybridized carbons (Fsp3) is 0.167.